The largest absolute Gasteiger partial charge is 0.416 e. The van der Waals surface area contributed by atoms with E-state index in [1.807, 2.05) is 10.3 Å². The Kier molecular flexibility index (Phi) is 8.96. The lowest BCUT2D eigenvalue weighted by Crippen LogP contribution is -2.52. The molecular formula is C19H19ClF3N3O4S2. The van der Waals surface area contributed by atoms with Gasteiger partial charge in [0, 0.05) is 5.56 Å². The van der Waals surface area contributed by atoms with Crippen molar-refractivity contribution in [3.05, 3.63) is 64.7 Å². The van der Waals surface area contributed by atoms with Crippen LogP contribution in [0.5, 0.6) is 0 Å². The quantitative estimate of drug-likeness (QED) is 0.450. The molecule has 0 aliphatic carbocycles. The first kappa shape index (κ1) is 26.0. The zero-order valence-electron chi connectivity index (χ0n) is 16.6. The number of hydrogen-bond donors (Lipinski definition) is 3. The van der Waals surface area contributed by atoms with E-state index in [4.69, 9.17) is 11.6 Å². The molecule has 1 atom stereocenters. The summed E-state index contributed by atoms with van der Waals surface area (Å²) in [6.07, 6.45) is -2.63. The van der Waals surface area contributed by atoms with E-state index in [2.05, 4.69) is 5.32 Å². The topological polar surface area (TPSA) is 104 Å². The van der Waals surface area contributed by atoms with Gasteiger partial charge in [0.05, 0.1) is 10.6 Å². The van der Waals surface area contributed by atoms with Crippen LogP contribution in [0.15, 0.2) is 53.4 Å². The van der Waals surface area contributed by atoms with Crippen molar-refractivity contribution in [2.24, 2.45) is 0 Å². The molecule has 2 aromatic rings. The van der Waals surface area contributed by atoms with Crippen molar-refractivity contribution in [2.45, 2.75) is 23.5 Å². The summed E-state index contributed by atoms with van der Waals surface area (Å²) in [5.41, 5.74) is 1.03. The molecule has 13 heteroatoms. The molecule has 0 spiro atoms. The molecule has 174 valence electrons. The third-order valence-corrected chi connectivity index (χ3v) is 6.53. The van der Waals surface area contributed by atoms with Gasteiger partial charge in [-0.2, -0.15) is 24.9 Å². The molecule has 0 aromatic heterocycles. The summed E-state index contributed by atoms with van der Waals surface area (Å²) in [6, 6.07) is 7.93. The fourth-order valence-corrected chi connectivity index (χ4v) is 4.32. The van der Waals surface area contributed by atoms with Crippen molar-refractivity contribution in [1.29, 1.82) is 0 Å². The molecule has 0 fully saturated rings. The normalized spacial score (nSPS) is 12.8. The number of thioether (sulfide) groups is 1. The van der Waals surface area contributed by atoms with Crippen LogP contribution in [0.1, 0.15) is 22.3 Å². The van der Waals surface area contributed by atoms with Gasteiger partial charge in [-0.3, -0.25) is 15.0 Å². The minimum Gasteiger partial charge on any atom is -0.340 e. The number of carbonyl (C=O) groups is 2. The fraction of sp³-hybridized carbons (Fsp3) is 0.263. The smallest absolute Gasteiger partial charge is 0.340 e. The van der Waals surface area contributed by atoms with Gasteiger partial charge in [-0.15, -0.1) is 4.83 Å². The maximum absolute atomic E-state index is 12.7. The van der Waals surface area contributed by atoms with E-state index in [0.29, 0.717) is 5.75 Å². The van der Waals surface area contributed by atoms with E-state index >= 15 is 0 Å². The second kappa shape index (κ2) is 11.0. The molecule has 2 amide bonds. The maximum Gasteiger partial charge on any atom is 0.416 e. The summed E-state index contributed by atoms with van der Waals surface area (Å²) >= 11 is 7.25. The summed E-state index contributed by atoms with van der Waals surface area (Å²) in [5.74, 6) is -1.19. The molecule has 0 aliphatic heterocycles. The maximum atomic E-state index is 12.7. The van der Waals surface area contributed by atoms with Crippen molar-refractivity contribution >= 4 is 45.2 Å². The number of hydrogen-bond acceptors (Lipinski definition) is 5. The van der Waals surface area contributed by atoms with Crippen LogP contribution in [-0.4, -0.2) is 38.3 Å². The van der Waals surface area contributed by atoms with Crippen LogP contribution >= 0.6 is 23.4 Å². The molecule has 0 heterocycles. The Morgan fingerprint density at radius 2 is 1.72 bits per heavy atom. The van der Waals surface area contributed by atoms with E-state index in [-0.39, 0.29) is 21.9 Å². The van der Waals surface area contributed by atoms with Gasteiger partial charge in [-0.25, -0.2) is 8.42 Å². The van der Waals surface area contributed by atoms with Crippen molar-refractivity contribution in [3.63, 3.8) is 0 Å². The number of benzene rings is 2. The highest BCUT2D eigenvalue weighted by atomic mass is 35.5. The molecule has 2 rings (SSSR count). The first-order valence-electron chi connectivity index (χ1n) is 8.99. The molecule has 3 N–H and O–H groups in total. The Bertz CT molecular complexity index is 1060. The SMILES string of the molecule is CSCC[C@@H](NC(=O)c1ccc(C(F)(F)F)cc1)C(=O)NNS(=O)(=O)c1ccccc1Cl. The number of sulfonamides is 1. The van der Waals surface area contributed by atoms with E-state index in [9.17, 15) is 31.2 Å². The first-order chi connectivity index (χ1) is 15.0. The summed E-state index contributed by atoms with van der Waals surface area (Å²) < 4.78 is 62.8. The monoisotopic (exact) mass is 509 g/mol. The highest BCUT2D eigenvalue weighted by Crippen LogP contribution is 2.29. The molecule has 0 saturated carbocycles. The van der Waals surface area contributed by atoms with Crippen LogP contribution in [0.25, 0.3) is 0 Å². The van der Waals surface area contributed by atoms with Gasteiger partial charge >= 0.3 is 6.18 Å². The standard InChI is InChI=1S/C19H19ClF3N3O4S2/c1-31-11-10-15(24-17(27)12-6-8-13(9-7-12)19(21,22)23)18(28)25-26-32(29,30)16-5-3-2-4-14(16)20/h2-9,15,26H,10-11H2,1H3,(H,24,27)(H,25,28)/t15-/m1/s1. The lowest BCUT2D eigenvalue weighted by molar-refractivity contribution is -0.137. The molecule has 0 bridgehead atoms. The first-order valence-corrected chi connectivity index (χ1v) is 12.2. The van der Waals surface area contributed by atoms with Crippen molar-refractivity contribution in [2.75, 3.05) is 12.0 Å². The third-order valence-electron chi connectivity index (χ3n) is 4.14. The predicted molar refractivity (Wildman–Crippen MR) is 116 cm³/mol. The number of hydrazine groups is 1. The Morgan fingerprint density at radius 3 is 2.28 bits per heavy atom. The van der Waals surface area contributed by atoms with Crippen LogP contribution in [0.4, 0.5) is 13.2 Å². The number of nitrogens with one attached hydrogen (secondary N) is 3. The Hall–Kier alpha value is -2.28. The zero-order chi connectivity index (χ0) is 23.9. The molecule has 32 heavy (non-hydrogen) atoms. The minimum atomic E-state index is -4.55. The summed E-state index contributed by atoms with van der Waals surface area (Å²) in [6.45, 7) is 0. The molecule has 0 aliphatic rings. The van der Waals surface area contributed by atoms with E-state index in [0.717, 1.165) is 24.3 Å². The third kappa shape index (κ3) is 7.12. The average Bonchev–Trinajstić information content (AvgIpc) is 2.74. The lowest BCUT2D eigenvalue weighted by atomic mass is 10.1. The number of rotatable bonds is 9. The summed E-state index contributed by atoms with van der Waals surface area (Å²) in [7, 11) is -4.18. The molecule has 0 saturated heterocycles. The second-order valence-electron chi connectivity index (χ2n) is 6.41. The van der Waals surface area contributed by atoms with Crippen LogP contribution in [0.2, 0.25) is 5.02 Å². The fourth-order valence-electron chi connectivity index (χ4n) is 2.48. The highest BCUT2D eigenvalue weighted by molar-refractivity contribution is 7.98. The van der Waals surface area contributed by atoms with E-state index in [1.54, 1.807) is 6.26 Å². The molecule has 0 radical (unpaired) electrons. The van der Waals surface area contributed by atoms with Gasteiger partial charge in [0.25, 0.3) is 21.8 Å². The zero-order valence-corrected chi connectivity index (χ0v) is 19.0. The Morgan fingerprint density at radius 1 is 1.09 bits per heavy atom. The molecule has 0 unspecified atom stereocenters. The van der Waals surface area contributed by atoms with Gasteiger partial charge < -0.3 is 5.32 Å². The Labute approximate surface area is 192 Å². The van der Waals surface area contributed by atoms with Gasteiger partial charge in [0.2, 0.25) is 0 Å². The van der Waals surface area contributed by atoms with E-state index < -0.39 is 39.6 Å². The van der Waals surface area contributed by atoms with Gasteiger partial charge in [0.1, 0.15) is 10.9 Å². The van der Waals surface area contributed by atoms with Crippen molar-refractivity contribution in [3.8, 4) is 0 Å². The minimum absolute atomic E-state index is 0.0520. The number of alkyl halides is 3. The number of amides is 2. The lowest BCUT2D eigenvalue weighted by Gasteiger charge is -2.19. The van der Waals surface area contributed by atoms with Crippen molar-refractivity contribution in [1.82, 2.24) is 15.6 Å². The molecule has 7 nitrogen and oxygen atoms in total. The molecule has 2 aromatic carbocycles. The Balaban J connectivity index is 2.09. The van der Waals surface area contributed by atoms with Crippen LogP contribution in [-0.2, 0) is 21.0 Å². The van der Waals surface area contributed by atoms with Crippen LogP contribution in [0, 0.1) is 0 Å². The number of halogens is 4. The molecular weight excluding hydrogens is 491 g/mol. The van der Waals surface area contributed by atoms with Gasteiger partial charge in [-0.1, -0.05) is 23.7 Å². The highest BCUT2D eigenvalue weighted by Gasteiger charge is 2.30. The van der Waals surface area contributed by atoms with Crippen molar-refractivity contribution < 1.29 is 31.2 Å². The summed E-state index contributed by atoms with van der Waals surface area (Å²) in [5, 5.41) is 2.36. The van der Waals surface area contributed by atoms with Gasteiger partial charge in [-0.05, 0) is 54.8 Å². The van der Waals surface area contributed by atoms with Crippen LogP contribution in [0.3, 0.4) is 0 Å². The predicted octanol–water partition coefficient (Wildman–Crippen LogP) is 3.22. The van der Waals surface area contributed by atoms with Crippen LogP contribution < -0.4 is 15.6 Å². The van der Waals surface area contributed by atoms with E-state index in [1.165, 1.54) is 36.0 Å². The van der Waals surface area contributed by atoms with Gasteiger partial charge in [0.15, 0.2) is 0 Å². The average molecular weight is 510 g/mol. The second-order valence-corrected chi connectivity index (χ2v) is 9.45. The number of carbonyl (C=O) groups excluding carboxylic acids is 2. The summed E-state index contributed by atoms with van der Waals surface area (Å²) in [4.78, 5) is 26.6.